The first-order valence-electron chi connectivity index (χ1n) is 9.52. The molecule has 2 aromatic rings. The molecule has 4 rings (SSSR count). The first-order valence-corrected chi connectivity index (χ1v) is 9.52. The van der Waals surface area contributed by atoms with E-state index < -0.39 is 30.0 Å². The topological polar surface area (TPSA) is 94.1 Å². The molecule has 2 N–H and O–H groups in total. The molecule has 1 fully saturated rings. The van der Waals surface area contributed by atoms with Crippen LogP contribution in [0.15, 0.2) is 48.5 Å². The van der Waals surface area contributed by atoms with E-state index in [0.717, 1.165) is 22.3 Å². The van der Waals surface area contributed by atoms with Gasteiger partial charge in [-0.05, 0) is 36.1 Å². The van der Waals surface area contributed by atoms with Crippen molar-refractivity contribution in [3.63, 3.8) is 0 Å². The Balaban J connectivity index is 1.45. The molecule has 2 atom stereocenters. The molecule has 0 saturated carbocycles. The molecule has 0 aromatic heterocycles. The van der Waals surface area contributed by atoms with Gasteiger partial charge in [0, 0.05) is 5.92 Å². The number of carboxylic acids is 1. The maximum atomic E-state index is 12.4. The molecule has 2 aromatic carbocycles. The zero-order chi connectivity index (χ0) is 20.6. The van der Waals surface area contributed by atoms with E-state index in [9.17, 15) is 14.7 Å². The Hall–Kier alpha value is -2.90. The van der Waals surface area contributed by atoms with Crippen molar-refractivity contribution in [1.82, 2.24) is 5.32 Å². The highest BCUT2D eigenvalue weighted by Crippen LogP contribution is 2.44. The lowest BCUT2D eigenvalue weighted by Crippen LogP contribution is -2.55. The van der Waals surface area contributed by atoms with Crippen LogP contribution in [0.1, 0.15) is 30.9 Å². The zero-order valence-corrected chi connectivity index (χ0v) is 16.3. The molecular formula is C22H23NO6. The van der Waals surface area contributed by atoms with E-state index in [-0.39, 0.29) is 19.1 Å². The van der Waals surface area contributed by atoms with Gasteiger partial charge in [-0.15, -0.1) is 0 Å². The lowest BCUT2D eigenvalue weighted by atomic mass is 9.98. The van der Waals surface area contributed by atoms with Gasteiger partial charge in [0.1, 0.15) is 12.5 Å². The molecule has 1 heterocycles. The van der Waals surface area contributed by atoms with Crippen molar-refractivity contribution in [2.45, 2.75) is 31.8 Å². The second-order valence-corrected chi connectivity index (χ2v) is 7.66. The van der Waals surface area contributed by atoms with Gasteiger partial charge in [-0.2, -0.15) is 0 Å². The number of carbonyl (C=O) groups is 2. The number of hydrogen-bond donors (Lipinski definition) is 2. The highest BCUT2D eigenvalue weighted by atomic mass is 16.7. The van der Waals surface area contributed by atoms with Gasteiger partial charge in [0.15, 0.2) is 12.0 Å². The van der Waals surface area contributed by atoms with Crippen LogP contribution < -0.4 is 5.32 Å². The standard InChI is InChI=1S/C22H23NO6/c1-22(2)28-12-18(20(24)25)19(29-22)23-21(26)27-11-17-15-9-5-3-7-13(15)14-8-4-6-10-16(14)17/h3-10,17-19H,11-12H2,1-2H3,(H,23,26)(H,24,25). The first kappa shape index (κ1) is 19.4. The Labute approximate surface area is 168 Å². The second kappa shape index (κ2) is 7.50. The molecule has 1 aliphatic heterocycles. The quantitative estimate of drug-likeness (QED) is 0.822. The first-order chi connectivity index (χ1) is 13.9. The summed E-state index contributed by atoms with van der Waals surface area (Å²) < 4.78 is 16.4. The minimum Gasteiger partial charge on any atom is -0.481 e. The Kier molecular flexibility index (Phi) is 5.02. The Morgan fingerprint density at radius 3 is 2.28 bits per heavy atom. The van der Waals surface area contributed by atoms with E-state index in [0.29, 0.717) is 0 Å². The van der Waals surface area contributed by atoms with Gasteiger partial charge in [0.2, 0.25) is 0 Å². The monoisotopic (exact) mass is 397 g/mol. The lowest BCUT2D eigenvalue weighted by Gasteiger charge is -2.39. The van der Waals surface area contributed by atoms with Crippen molar-refractivity contribution in [2.24, 2.45) is 5.92 Å². The predicted octanol–water partition coefficient (Wildman–Crippen LogP) is 3.33. The van der Waals surface area contributed by atoms with E-state index in [2.05, 4.69) is 17.4 Å². The predicted molar refractivity (Wildman–Crippen MR) is 104 cm³/mol. The molecule has 152 valence electrons. The molecule has 7 heteroatoms. The third-order valence-corrected chi connectivity index (χ3v) is 5.31. The normalized spacial score (nSPS) is 22.4. The van der Waals surface area contributed by atoms with Crippen LogP contribution in [0.5, 0.6) is 0 Å². The number of aliphatic carboxylic acids is 1. The summed E-state index contributed by atoms with van der Waals surface area (Å²) >= 11 is 0. The molecule has 7 nitrogen and oxygen atoms in total. The molecule has 2 aliphatic rings. The summed E-state index contributed by atoms with van der Waals surface area (Å²) in [5.74, 6) is -3.18. The third kappa shape index (κ3) is 3.83. The van der Waals surface area contributed by atoms with Gasteiger partial charge < -0.3 is 19.3 Å². The second-order valence-electron chi connectivity index (χ2n) is 7.66. The molecule has 0 spiro atoms. The molecule has 0 bridgehead atoms. The van der Waals surface area contributed by atoms with Crippen molar-refractivity contribution in [1.29, 1.82) is 0 Å². The maximum Gasteiger partial charge on any atom is 0.409 e. The van der Waals surface area contributed by atoms with E-state index in [4.69, 9.17) is 14.2 Å². The summed E-state index contributed by atoms with van der Waals surface area (Å²) in [4.78, 5) is 23.9. The summed E-state index contributed by atoms with van der Waals surface area (Å²) in [5, 5.41) is 11.9. The third-order valence-electron chi connectivity index (χ3n) is 5.31. The fraction of sp³-hybridized carbons (Fsp3) is 0.364. The van der Waals surface area contributed by atoms with Crippen molar-refractivity contribution in [3.05, 3.63) is 59.7 Å². The fourth-order valence-electron chi connectivity index (χ4n) is 3.89. The number of amides is 1. The molecule has 0 radical (unpaired) electrons. The van der Waals surface area contributed by atoms with Gasteiger partial charge in [-0.25, -0.2) is 4.79 Å². The van der Waals surface area contributed by atoms with Crippen molar-refractivity contribution in [2.75, 3.05) is 13.2 Å². The van der Waals surface area contributed by atoms with Crippen molar-refractivity contribution >= 4 is 12.1 Å². The minimum atomic E-state index is -1.11. The smallest absolute Gasteiger partial charge is 0.409 e. The summed E-state index contributed by atoms with van der Waals surface area (Å²) in [7, 11) is 0. The highest BCUT2D eigenvalue weighted by molar-refractivity contribution is 5.79. The van der Waals surface area contributed by atoms with Crippen LogP contribution >= 0.6 is 0 Å². The Morgan fingerprint density at radius 1 is 1.10 bits per heavy atom. The van der Waals surface area contributed by atoms with Crippen LogP contribution in [0.2, 0.25) is 0 Å². The number of carbonyl (C=O) groups excluding carboxylic acids is 1. The average Bonchev–Trinajstić information content (AvgIpc) is 2.99. The van der Waals surface area contributed by atoms with Crippen LogP contribution in [0.3, 0.4) is 0 Å². The molecule has 2 unspecified atom stereocenters. The fourth-order valence-corrected chi connectivity index (χ4v) is 3.89. The number of rotatable bonds is 4. The summed E-state index contributed by atoms with van der Waals surface area (Å²) in [5.41, 5.74) is 4.48. The molecule has 1 saturated heterocycles. The van der Waals surface area contributed by atoms with Gasteiger partial charge in [-0.1, -0.05) is 48.5 Å². The minimum absolute atomic E-state index is 0.0589. The van der Waals surface area contributed by atoms with Gasteiger partial charge in [0.05, 0.1) is 6.61 Å². The zero-order valence-electron chi connectivity index (χ0n) is 16.3. The number of ether oxygens (including phenoxy) is 3. The van der Waals surface area contributed by atoms with Gasteiger partial charge >= 0.3 is 12.1 Å². The number of hydrogen-bond acceptors (Lipinski definition) is 5. The van der Waals surface area contributed by atoms with Crippen LogP contribution in [0.4, 0.5) is 4.79 Å². The van der Waals surface area contributed by atoms with Crippen LogP contribution in [-0.2, 0) is 19.0 Å². The molecular weight excluding hydrogens is 374 g/mol. The van der Waals surface area contributed by atoms with E-state index in [1.54, 1.807) is 13.8 Å². The largest absolute Gasteiger partial charge is 0.481 e. The van der Waals surface area contributed by atoms with Gasteiger partial charge in [-0.3, -0.25) is 10.1 Å². The number of carboxylic acid groups (broad SMARTS) is 1. The van der Waals surface area contributed by atoms with Crippen LogP contribution in [-0.4, -0.2) is 42.4 Å². The highest BCUT2D eigenvalue weighted by Gasteiger charge is 2.41. The lowest BCUT2D eigenvalue weighted by molar-refractivity contribution is -0.294. The molecule has 1 aliphatic carbocycles. The average molecular weight is 397 g/mol. The van der Waals surface area contributed by atoms with E-state index in [1.165, 1.54) is 0 Å². The SMILES string of the molecule is CC1(C)OCC(C(=O)O)C(NC(=O)OCC2c3ccccc3-c3ccccc32)O1. The van der Waals surface area contributed by atoms with Crippen molar-refractivity contribution in [3.8, 4) is 11.1 Å². The Morgan fingerprint density at radius 2 is 1.69 bits per heavy atom. The van der Waals surface area contributed by atoms with E-state index >= 15 is 0 Å². The number of benzene rings is 2. The number of fused-ring (bicyclic) bond motifs is 3. The molecule has 1 amide bonds. The van der Waals surface area contributed by atoms with Gasteiger partial charge in [0.25, 0.3) is 0 Å². The molecule has 29 heavy (non-hydrogen) atoms. The summed E-state index contributed by atoms with van der Waals surface area (Å²) in [6.07, 6.45) is -1.76. The van der Waals surface area contributed by atoms with Crippen LogP contribution in [0, 0.1) is 5.92 Å². The summed E-state index contributed by atoms with van der Waals surface area (Å²) in [6.45, 7) is 3.41. The number of nitrogens with one attached hydrogen (secondary N) is 1. The van der Waals surface area contributed by atoms with Crippen LogP contribution in [0.25, 0.3) is 11.1 Å². The summed E-state index contributed by atoms with van der Waals surface area (Å²) in [6, 6.07) is 16.1. The number of alkyl carbamates (subject to hydrolysis) is 1. The maximum absolute atomic E-state index is 12.4. The van der Waals surface area contributed by atoms with Crippen molar-refractivity contribution < 1.29 is 28.9 Å². The Bertz CT molecular complexity index is 895. The van der Waals surface area contributed by atoms with E-state index in [1.807, 2.05) is 36.4 Å².